The lowest BCUT2D eigenvalue weighted by molar-refractivity contribution is 0.102. The number of ether oxygens (including phenoxy) is 2. The minimum Gasteiger partial charge on any atom is -0.493 e. The van der Waals surface area contributed by atoms with Crippen LogP contribution in [-0.4, -0.2) is 33.7 Å². The number of hydrogen-bond donors (Lipinski definition) is 2. The third kappa shape index (κ3) is 4.43. The number of hydrogen-bond acceptors (Lipinski definition) is 9. The number of anilines is 2. The molecule has 0 bridgehead atoms. The van der Waals surface area contributed by atoms with E-state index in [9.17, 15) is 18.5 Å². The number of thiophene rings is 1. The number of amides is 1. The van der Waals surface area contributed by atoms with Gasteiger partial charge in [-0.2, -0.15) is 5.26 Å². The highest BCUT2D eigenvalue weighted by Gasteiger charge is 2.27. The fourth-order valence-electron chi connectivity index (χ4n) is 2.53. The maximum Gasteiger partial charge on any atom is 0.267 e. The van der Waals surface area contributed by atoms with Gasteiger partial charge in [0.05, 0.1) is 25.5 Å². The molecule has 0 aliphatic carbocycles. The van der Waals surface area contributed by atoms with E-state index in [1.54, 1.807) is 6.92 Å². The predicted octanol–water partition coefficient (Wildman–Crippen LogP) is 3.64. The van der Waals surface area contributed by atoms with Crippen molar-refractivity contribution in [3.8, 4) is 17.6 Å². The predicted molar refractivity (Wildman–Crippen MR) is 114 cm³/mol. The minimum atomic E-state index is -4.21. The number of nitrogens with one attached hydrogen (secondary N) is 2. The van der Waals surface area contributed by atoms with E-state index in [2.05, 4.69) is 15.2 Å². The molecule has 1 aromatic carbocycles. The fourth-order valence-corrected chi connectivity index (χ4v) is 5.02. The molecule has 0 aliphatic heterocycles. The summed E-state index contributed by atoms with van der Waals surface area (Å²) in [5, 5.41) is 17.0. The van der Waals surface area contributed by atoms with Gasteiger partial charge in [-0.3, -0.25) is 4.79 Å². The van der Waals surface area contributed by atoms with E-state index in [1.165, 1.54) is 37.8 Å². The minimum absolute atomic E-state index is 0.00814. The molecule has 162 valence electrons. The summed E-state index contributed by atoms with van der Waals surface area (Å²) >= 11 is 6.87. The molecule has 0 atom stereocenters. The number of nitrogens with zero attached hydrogens (tertiary/aromatic N) is 2. The molecule has 31 heavy (non-hydrogen) atoms. The molecule has 2 N–H and O–H groups in total. The lowest BCUT2D eigenvalue weighted by atomic mass is 10.1. The Morgan fingerprint density at radius 1 is 1.29 bits per heavy atom. The van der Waals surface area contributed by atoms with Gasteiger partial charge in [0, 0.05) is 12.1 Å². The standard InChI is InChI=1S/C18H15ClN4O6S2/c1-9-15(19)18(29-22-9)23-31(25,26)14-4-5-30-16(14)17(24)21-11-7-13(28-3)12(27-2)6-10(11)8-20/h4-7,23H,1-3H3,(H,21,24). The second-order valence-electron chi connectivity index (χ2n) is 5.95. The van der Waals surface area contributed by atoms with Gasteiger partial charge in [0.25, 0.3) is 21.8 Å². The molecule has 0 fully saturated rings. The smallest absolute Gasteiger partial charge is 0.267 e. The Morgan fingerprint density at radius 2 is 1.97 bits per heavy atom. The van der Waals surface area contributed by atoms with Crippen LogP contribution in [0.25, 0.3) is 0 Å². The Kier molecular flexibility index (Phi) is 6.40. The first-order valence-electron chi connectivity index (χ1n) is 8.41. The molecule has 2 aromatic heterocycles. The van der Waals surface area contributed by atoms with Crippen molar-refractivity contribution in [3.05, 3.63) is 44.7 Å². The average Bonchev–Trinajstić information content (AvgIpc) is 3.36. The van der Waals surface area contributed by atoms with Crippen molar-refractivity contribution in [1.82, 2.24) is 5.16 Å². The zero-order valence-corrected chi connectivity index (χ0v) is 18.7. The van der Waals surface area contributed by atoms with Crippen LogP contribution in [0.5, 0.6) is 11.5 Å². The van der Waals surface area contributed by atoms with E-state index >= 15 is 0 Å². The first-order valence-corrected chi connectivity index (χ1v) is 11.2. The van der Waals surface area contributed by atoms with Crippen molar-refractivity contribution >= 4 is 50.4 Å². The molecule has 13 heteroatoms. The maximum atomic E-state index is 12.9. The molecule has 1 amide bonds. The zero-order valence-electron chi connectivity index (χ0n) is 16.3. The van der Waals surface area contributed by atoms with Crippen LogP contribution in [0.2, 0.25) is 5.02 Å². The Bertz CT molecular complexity index is 1290. The van der Waals surface area contributed by atoms with Crippen molar-refractivity contribution in [2.75, 3.05) is 24.3 Å². The first kappa shape index (κ1) is 22.4. The third-order valence-electron chi connectivity index (χ3n) is 4.04. The van der Waals surface area contributed by atoms with Gasteiger partial charge in [-0.15, -0.1) is 11.3 Å². The van der Waals surface area contributed by atoms with Crippen LogP contribution in [-0.2, 0) is 10.0 Å². The molecule has 2 heterocycles. The Labute approximate surface area is 186 Å². The Morgan fingerprint density at radius 3 is 2.55 bits per heavy atom. The maximum absolute atomic E-state index is 12.9. The summed E-state index contributed by atoms with van der Waals surface area (Å²) in [6, 6.07) is 6.02. The number of aromatic nitrogens is 1. The van der Waals surface area contributed by atoms with Crippen LogP contribution in [0.1, 0.15) is 20.9 Å². The van der Waals surface area contributed by atoms with E-state index in [1.807, 2.05) is 6.07 Å². The van der Waals surface area contributed by atoms with Crippen molar-refractivity contribution in [2.24, 2.45) is 0 Å². The molecule has 0 spiro atoms. The van der Waals surface area contributed by atoms with E-state index in [-0.39, 0.29) is 37.7 Å². The Hall–Kier alpha value is -3.27. The normalized spacial score (nSPS) is 10.9. The fraction of sp³-hybridized carbons (Fsp3) is 0.167. The van der Waals surface area contributed by atoms with Crippen molar-refractivity contribution < 1.29 is 27.2 Å². The van der Waals surface area contributed by atoms with Crippen molar-refractivity contribution in [2.45, 2.75) is 11.8 Å². The molecule has 0 saturated heterocycles. The number of rotatable bonds is 7. The summed E-state index contributed by atoms with van der Waals surface area (Å²) in [6.45, 7) is 1.54. The van der Waals surface area contributed by atoms with Crippen LogP contribution < -0.4 is 19.5 Å². The average molecular weight is 483 g/mol. The van der Waals surface area contributed by atoms with E-state index in [0.29, 0.717) is 11.4 Å². The van der Waals surface area contributed by atoms with Crippen LogP contribution in [0.4, 0.5) is 11.6 Å². The first-order chi connectivity index (χ1) is 14.7. The zero-order chi connectivity index (χ0) is 22.8. The van der Waals surface area contributed by atoms with Crippen molar-refractivity contribution in [1.29, 1.82) is 5.26 Å². The van der Waals surface area contributed by atoms with E-state index < -0.39 is 15.9 Å². The molecule has 3 rings (SSSR count). The van der Waals surface area contributed by atoms with Gasteiger partial charge in [0.1, 0.15) is 26.6 Å². The largest absolute Gasteiger partial charge is 0.493 e. The van der Waals surface area contributed by atoms with E-state index in [4.69, 9.17) is 25.6 Å². The summed E-state index contributed by atoms with van der Waals surface area (Å²) in [5.41, 5.74) is 0.540. The number of halogens is 1. The molecule has 3 aromatic rings. The third-order valence-corrected chi connectivity index (χ3v) is 6.90. The van der Waals surface area contributed by atoms with E-state index in [0.717, 1.165) is 11.3 Å². The highest BCUT2D eigenvalue weighted by molar-refractivity contribution is 7.93. The number of benzene rings is 1. The number of carbonyl (C=O) groups is 1. The lowest BCUT2D eigenvalue weighted by Gasteiger charge is -2.13. The molecule has 0 aliphatic rings. The molecule has 0 saturated carbocycles. The van der Waals surface area contributed by atoms with Crippen LogP contribution >= 0.6 is 22.9 Å². The topological polar surface area (TPSA) is 144 Å². The summed E-state index contributed by atoms with van der Waals surface area (Å²) in [7, 11) is -1.40. The molecule has 0 unspecified atom stereocenters. The van der Waals surface area contributed by atoms with Gasteiger partial charge in [-0.25, -0.2) is 13.1 Å². The number of methoxy groups -OCH3 is 2. The molecule has 0 radical (unpaired) electrons. The van der Waals surface area contributed by atoms with Gasteiger partial charge in [0.2, 0.25) is 0 Å². The lowest BCUT2D eigenvalue weighted by Crippen LogP contribution is -2.18. The SMILES string of the molecule is COc1cc(C#N)c(NC(=O)c2sccc2S(=O)(=O)Nc2onc(C)c2Cl)cc1OC. The second kappa shape index (κ2) is 8.84. The van der Waals surface area contributed by atoms with Crippen LogP contribution in [0.3, 0.4) is 0 Å². The number of aryl methyl sites for hydroxylation is 1. The van der Waals surface area contributed by atoms with Crippen LogP contribution in [0, 0.1) is 18.3 Å². The quantitative estimate of drug-likeness (QED) is 0.519. The van der Waals surface area contributed by atoms with Crippen molar-refractivity contribution in [3.63, 3.8) is 0 Å². The Balaban J connectivity index is 1.93. The highest BCUT2D eigenvalue weighted by atomic mass is 35.5. The number of nitriles is 1. The summed E-state index contributed by atoms with van der Waals surface area (Å²) < 4.78 is 43.0. The van der Waals surface area contributed by atoms with Gasteiger partial charge in [-0.1, -0.05) is 16.8 Å². The highest BCUT2D eigenvalue weighted by Crippen LogP contribution is 2.34. The van der Waals surface area contributed by atoms with Gasteiger partial charge in [0.15, 0.2) is 11.5 Å². The summed E-state index contributed by atoms with van der Waals surface area (Å²) in [5.74, 6) is -0.407. The molecular formula is C18H15ClN4O6S2. The summed E-state index contributed by atoms with van der Waals surface area (Å²) in [4.78, 5) is 12.4. The van der Waals surface area contributed by atoms with Gasteiger partial charge in [-0.05, 0) is 18.4 Å². The van der Waals surface area contributed by atoms with Gasteiger partial charge >= 0.3 is 0 Å². The molecule has 10 nitrogen and oxygen atoms in total. The monoisotopic (exact) mass is 482 g/mol. The molecular weight excluding hydrogens is 468 g/mol. The second-order valence-corrected chi connectivity index (χ2v) is 8.89. The number of carbonyl (C=O) groups excluding carboxylic acids is 1. The van der Waals surface area contributed by atoms with Gasteiger partial charge < -0.3 is 19.3 Å². The van der Waals surface area contributed by atoms with Crippen LogP contribution in [0.15, 0.2) is 33.0 Å². The summed E-state index contributed by atoms with van der Waals surface area (Å²) in [6.07, 6.45) is 0. The number of sulfonamides is 1.